The molecule has 0 atom stereocenters. The molecule has 5 nitrogen and oxygen atoms in total. The summed E-state index contributed by atoms with van der Waals surface area (Å²) in [6.45, 7) is 2.18. The Morgan fingerprint density at radius 2 is 2.10 bits per heavy atom. The molecule has 0 unspecified atom stereocenters. The highest BCUT2D eigenvalue weighted by atomic mass is 16.4. The van der Waals surface area contributed by atoms with Gasteiger partial charge in [0.15, 0.2) is 0 Å². The van der Waals surface area contributed by atoms with Crippen molar-refractivity contribution in [1.29, 1.82) is 0 Å². The van der Waals surface area contributed by atoms with Crippen molar-refractivity contribution in [1.82, 2.24) is 5.32 Å². The van der Waals surface area contributed by atoms with Crippen LogP contribution in [0.15, 0.2) is 33.5 Å². The van der Waals surface area contributed by atoms with E-state index in [1.54, 1.807) is 19.1 Å². The van der Waals surface area contributed by atoms with Crippen LogP contribution in [-0.2, 0) is 0 Å². The number of aryl methyl sites for hydroxylation is 1. The molecule has 1 aromatic heterocycles. The molecule has 5 heteroatoms. The molecule has 1 saturated carbocycles. The third-order valence-electron chi connectivity index (χ3n) is 4.22. The first-order chi connectivity index (χ1) is 10.1. The van der Waals surface area contributed by atoms with Crippen molar-refractivity contribution in [3.63, 3.8) is 0 Å². The van der Waals surface area contributed by atoms with Crippen LogP contribution < -0.4 is 10.9 Å². The lowest BCUT2D eigenvalue weighted by molar-refractivity contribution is 0.0931. The molecule has 0 radical (unpaired) electrons. The average Bonchev–Trinajstić information content (AvgIpc) is 3.26. The highest BCUT2D eigenvalue weighted by Crippen LogP contribution is 2.44. The van der Waals surface area contributed by atoms with Gasteiger partial charge in [0.25, 0.3) is 5.91 Å². The first kappa shape index (κ1) is 13.8. The highest BCUT2D eigenvalue weighted by molar-refractivity contribution is 5.99. The van der Waals surface area contributed by atoms with Gasteiger partial charge in [-0.05, 0) is 31.4 Å². The smallest absolute Gasteiger partial charge is 0.349 e. The number of hydrogen-bond acceptors (Lipinski definition) is 4. The van der Waals surface area contributed by atoms with Crippen LogP contribution in [0.4, 0.5) is 0 Å². The number of benzene rings is 1. The normalized spacial score (nSPS) is 15.9. The molecule has 0 aliphatic heterocycles. The van der Waals surface area contributed by atoms with Crippen molar-refractivity contribution >= 4 is 16.9 Å². The second-order valence-corrected chi connectivity index (χ2v) is 5.73. The zero-order chi connectivity index (χ0) is 15.0. The first-order valence-corrected chi connectivity index (χ1v) is 6.98. The molecule has 1 amide bonds. The Labute approximate surface area is 121 Å². The maximum Gasteiger partial charge on any atom is 0.349 e. The maximum atomic E-state index is 12.3. The molecule has 21 heavy (non-hydrogen) atoms. The van der Waals surface area contributed by atoms with Crippen LogP contribution in [0.5, 0.6) is 0 Å². The lowest BCUT2D eigenvalue weighted by Crippen LogP contribution is -2.35. The zero-order valence-corrected chi connectivity index (χ0v) is 11.8. The quantitative estimate of drug-likeness (QED) is 0.837. The number of amides is 1. The summed E-state index contributed by atoms with van der Waals surface area (Å²) in [7, 11) is 0. The predicted molar refractivity (Wildman–Crippen MR) is 78.3 cm³/mol. The number of aliphatic hydroxyl groups is 1. The molecule has 0 spiro atoms. The van der Waals surface area contributed by atoms with Crippen LogP contribution in [0.1, 0.15) is 28.8 Å². The molecule has 1 fully saturated rings. The van der Waals surface area contributed by atoms with Gasteiger partial charge in [-0.3, -0.25) is 4.79 Å². The van der Waals surface area contributed by atoms with Crippen LogP contribution in [0.25, 0.3) is 11.0 Å². The predicted octanol–water partition coefficient (Wildman–Crippen LogP) is 1.60. The third kappa shape index (κ3) is 2.45. The van der Waals surface area contributed by atoms with E-state index < -0.39 is 11.5 Å². The topological polar surface area (TPSA) is 79.5 Å². The molecule has 110 valence electrons. The van der Waals surface area contributed by atoms with E-state index in [-0.39, 0.29) is 17.6 Å². The second-order valence-electron chi connectivity index (χ2n) is 5.73. The van der Waals surface area contributed by atoms with E-state index in [2.05, 4.69) is 5.32 Å². The minimum atomic E-state index is -0.627. The van der Waals surface area contributed by atoms with E-state index >= 15 is 0 Å². The van der Waals surface area contributed by atoms with Crippen LogP contribution in [0.2, 0.25) is 0 Å². The summed E-state index contributed by atoms with van der Waals surface area (Å²) in [6, 6.07) is 7.14. The largest absolute Gasteiger partial charge is 0.422 e. The maximum absolute atomic E-state index is 12.3. The third-order valence-corrected chi connectivity index (χ3v) is 4.22. The number of hydrogen-bond donors (Lipinski definition) is 2. The lowest BCUT2D eigenvalue weighted by Gasteiger charge is -2.13. The summed E-state index contributed by atoms with van der Waals surface area (Å²) >= 11 is 0. The minimum absolute atomic E-state index is 0.0439. The van der Waals surface area contributed by atoms with Crippen LogP contribution in [0, 0.1) is 12.3 Å². The van der Waals surface area contributed by atoms with E-state index in [1.807, 2.05) is 12.1 Å². The van der Waals surface area contributed by atoms with Gasteiger partial charge < -0.3 is 14.8 Å². The molecular formula is C16H17NO4. The lowest BCUT2D eigenvalue weighted by atomic mass is 10.0. The Balaban J connectivity index is 1.92. The number of aliphatic hydroxyl groups excluding tert-OH is 1. The number of fused-ring (bicyclic) bond motifs is 1. The molecule has 0 saturated heterocycles. The van der Waals surface area contributed by atoms with Gasteiger partial charge in [0, 0.05) is 17.3 Å². The zero-order valence-electron chi connectivity index (χ0n) is 11.8. The van der Waals surface area contributed by atoms with Gasteiger partial charge in [0.2, 0.25) is 0 Å². The summed E-state index contributed by atoms with van der Waals surface area (Å²) in [5, 5.41) is 12.8. The van der Waals surface area contributed by atoms with Crippen LogP contribution in [0.3, 0.4) is 0 Å². The van der Waals surface area contributed by atoms with Crippen molar-refractivity contribution in [2.75, 3.05) is 13.2 Å². The van der Waals surface area contributed by atoms with Gasteiger partial charge >= 0.3 is 5.63 Å². The Bertz CT molecular complexity index is 758. The monoisotopic (exact) mass is 287 g/mol. The van der Waals surface area contributed by atoms with Crippen molar-refractivity contribution in [3.8, 4) is 0 Å². The molecule has 2 N–H and O–H groups in total. The fourth-order valence-electron chi connectivity index (χ4n) is 2.49. The van der Waals surface area contributed by atoms with Gasteiger partial charge in [-0.25, -0.2) is 4.79 Å². The number of para-hydroxylation sites is 1. The number of nitrogens with one attached hydrogen (secondary N) is 1. The Hall–Kier alpha value is -2.14. The van der Waals surface area contributed by atoms with Crippen molar-refractivity contribution in [2.24, 2.45) is 5.41 Å². The summed E-state index contributed by atoms with van der Waals surface area (Å²) in [5.74, 6) is -0.438. The Morgan fingerprint density at radius 3 is 2.76 bits per heavy atom. The van der Waals surface area contributed by atoms with Crippen molar-refractivity contribution < 1.29 is 14.3 Å². The summed E-state index contributed by atoms with van der Waals surface area (Å²) in [6.07, 6.45) is 1.80. The van der Waals surface area contributed by atoms with Crippen molar-refractivity contribution in [3.05, 3.63) is 45.8 Å². The fraction of sp³-hybridized carbons (Fsp3) is 0.375. The molecule has 3 rings (SSSR count). The summed E-state index contributed by atoms with van der Waals surface area (Å²) in [4.78, 5) is 24.3. The molecule has 1 heterocycles. The number of carbonyl (C=O) groups excluding carboxylic acids is 1. The molecule has 0 bridgehead atoms. The van der Waals surface area contributed by atoms with E-state index in [0.717, 1.165) is 18.2 Å². The highest BCUT2D eigenvalue weighted by Gasteiger charge is 2.42. The summed E-state index contributed by atoms with van der Waals surface area (Å²) < 4.78 is 5.20. The standard InChI is InChI=1S/C16H17NO4/c1-10-11-4-2-3-5-12(11)21-15(20)13(10)14(19)17-8-16(9-18)6-7-16/h2-5,18H,6-9H2,1H3,(H,17,19). The molecule has 1 aromatic carbocycles. The SMILES string of the molecule is Cc1c(C(=O)NCC2(CO)CC2)c(=O)oc2ccccc12. The van der Waals surface area contributed by atoms with Gasteiger partial charge in [-0.15, -0.1) is 0 Å². The average molecular weight is 287 g/mol. The van der Waals surface area contributed by atoms with E-state index in [4.69, 9.17) is 4.42 Å². The Morgan fingerprint density at radius 1 is 1.38 bits per heavy atom. The number of rotatable bonds is 4. The molecular weight excluding hydrogens is 270 g/mol. The van der Waals surface area contributed by atoms with Gasteiger partial charge in [-0.2, -0.15) is 0 Å². The van der Waals surface area contributed by atoms with Gasteiger partial charge in [0.05, 0.1) is 6.61 Å². The molecule has 2 aromatic rings. The first-order valence-electron chi connectivity index (χ1n) is 6.98. The Kier molecular flexibility index (Phi) is 3.29. The minimum Gasteiger partial charge on any atom is -0.422 e. The summed E-state index contributed by atoms with van der Waals surface area (Å²) in [5.41, 5.74) is 0.319. The molecule has 1 aliphatic carbocycles. The van der Waals surface area contributed by atoms with E-state index in [1.165, 1.54) is 0 Å². The number of carbonyl (C=O) groups is 1. The molecule has 1 aliphatic rings. The van der Waals surface area contributed by atoms with Crippen LogP contribution in [-0.4, -0.2) is 24.2 Å². The fourth-order valence-corrected chi connectivity index (χ4v) is 2.49. The second kappa shape index (κ2) is 5.00. The van der Waals surface area contributed by atoms with Crippen LogP contribution >= 0.6 is 0 Å². The van der Waals surface area contributed by atoms with E-state index in [9.17, 15) is 14.7 Å². The van der Waals surface area contributed by atoms with E-state index in [0.29, 0.717) is 17.7 Å². The van der Waals surface area contributed by atoms with Gasteiger partial charge in [0.1, 0.15) is 11.1 Å². The van der Waals surface area contributed by atoms with Crippen molar-refractivity contribution in [2.45, 2.75) is 19.8 Å². The van der Waals surface area contributed by atoms with Gasteiger partial charge in [-0.1, -0.05) is 18.2 Å².